The van der Waals surface area contributed by atoms with Crippen molar-refractivity contribution in [2.45, 2.75) is 0 Å². The summed E-state index contributed by atoms with van der Waals surface area (Å²) in [6.45, 7) is 0.719. The van der Waals surface area contributed by atoms with E-state index < -0.39 is 0 Å². The van der Waals surface area contributed by atoms with Gasteiger partial charge in [-0.25, -0.2) is 4.39 Å². The monoisotopic (exact) mass is 306 g/mol. The number of nitrogens with one attached hydrogen (secondary N) is 1. The highest BCUT2D eigenvalue weighted by molar-refractivity contribution is 7.71. The van der Waals surface area contributed by atoms with Gasteiger partial charge in [-0.3, -0.25) is 4.79 Å². The molecule has 110 valence electrons. The molecule has 1 aromatic heterocycles. The van der Waals surface area contributed by atoms with Gasteiger partial charge >= 0.3 is 0 Å². The van der Waals surface area contributed by atoms with Crippen molar-refractivity contribution < 1.29 is 13.9 Å². The van der Waals surface area contributed by atoms with Crippen molar-refractivity contribution in [3.8, 4) is 5.75 Å². The molecule has 0 aliphatic carbocycles. The van der Waals surface area contributed by atoms with Crippen molar-refractivity contribution in [3.63, 3.8) is 0 Å². The number of carbonyl (C=O) groups is 1. The SMILES string of the molecule is CN(CCOc1ccc(F)cc1)C(=O)c1ccc[nH]c1=S. The van der Waals surface area contributed by atoms with Gasteiger partial charge in [0.2, 0.25) is 0 Å². The highest BCUT2D eigenvalue weighted by Gasteiger charge is 2.12. The van der Waals surface area contributed by atoms with Gasteiger partial charge in [0.05, 0.1) is 12.1 Å². The Morgan fingerprint density at radius 1 is 1.33 bits per heavy atom. The smallest absolute Gasteiger partial charge is 0.256 e. The zero-order valence-corrected chi connectivity index (χ0v) is 12.3. The summed E-state index contributed by atoms with van der Waals surface area (Å²) in [5.41, 5.74) is 0.455. The first-order valence-corrected chi connectivity index (χ1v) is 6.80. The molecular formula is C15H15FN2O2S. The highest BCUT2D eigenvalue weighted by atomic mass is 32.1. The largest absolute Gasteiger partial charge is 0.492 e. The minimum absolute atomic E-state index is 0.167. The molecule has 0 spiro atoms. The van der Waals surface area contributed by atoms with Crippen molar-refractivity contribution in [2.75, 3.05) is 20.2 Å². The van der Waals surface area contributed by atoms with Crippen LogP contribution in [-0.4, -0.2) is 36.0 Å². The van der Waals surface area contributed by atoms with E-state index in [4.69, 9.17) is 17.0 Å². The zero-order chi connectivity index (χ0) is 15.2. The average Bonchev–Trinajstić information content (AvgIpc) is 2.49. The fraction of sp³-hybridized carbons (Fsp3) is 0.200. The maximum atomic E-state index is 12.7. The molecule has 0 atom stereocenters. The third-order valence-electron chi connectivity index (χ3n) is 2.90. The first-order chi connectivity index (χ1) is 10.1. The molecule has 2 rings (SSSR count). The Balaban J connectivity index is 1.88. The van der Waals surface area contributed by atoms with Gasteiger partial charge in [-0.05, 0) is 36.4 Å². The molecule has 6 heteroatoms. The molecule has 1 N–H and O–H groups in total. The lowest BCUT2D eigenvalue weighted by atomic mass is 10.2. The first-order valence-electron chi connectivity index (χ1n) is 6.39. The maximum absolute atomic E-state index is 12.7. The van der Waals surface area contributed by atoms with Crippen LogP contribution in [0.25, 0.3) is 0 Å². The van der Waals surface area contributed by atoms with Crippen LogP contribution in [0, 0.1) is 10.5 Å². The lowest BCUT2D eigenvalue weighted by molar-refractivity contribution is 0.0773. The van der Waals surface area contributed by atoms with Crippen LogP contribution >= 0.6 is 12.2 Å². The number of nitrogens with zero attached hydrogens (tertiary/aromatic N) is 1. The number of aromatic amines is 1. The van der Waals surface area contributed by atoms with Gasteiger partial charge in [-0.2, -0.15) is 0 Å². The topological polar surface area (TPSA) is 45.3 Å². The van der Waals surface area contributed by atoms with E-state index in [0.29, 0.717) is 29.1 Å². The van der Waals surface area contributed by atoms with Gasteiger partial charge in [0.15, 0.2) is 0 Å². The second-order valence-corrected chi connectivity index (χ2v) is 4.85. The van der Waals surface area contributed by atoms with Gasteiger partial charge in [0, 0.05) is 13.2 Å². The number of carbonyl (C=O) groups excluding carboxylic acids is 1. The van der Waals surface area contributed by atoms with E-state index in [9.17, 15) is 9.18 Å². The molecule has 1 aromatic carbocycles. The summed E-state index contributed by atoms with van der Waals surface area (Å²) < 4.78 is 18.6. The summed E-state index contributed by atoms with van der Waals surface area (Å²) in [6.07, 6.45) is 1.68. The third-order valence-corrected chi connectivity index (χ3v) is 3.24. The standard InChI is InChI=1S/C15H15FN2O2S/c1-18(15(19)13-3-2-8-17-14(13)21)9-10-20-12-6-4-11(16)5-7-12/h2-8H,9-10H2,1H3,(H,17,21). The number of halogens is 1. The summed E-state index contributed by atoms with van der Waals surface area (Å²) in [7, 11) is 1.68. The molecule has 4 nitrogen and oxygen atoms in total. The van der Waals surface area contributed by atoms with E-state index >= 15 is 0 Å². The minimum atomic E-state index is -0.312. The van der Waals surface area contributed by atoms with E-state index in [-0.39, 0.29) is 11.7 Å². The predicted molar refractivity (Wildman–Crippen MR) is 80.5 cm³/mol. The molecule has 0 fully saturated rings. The second-order valence-electron chi connectivity index (χ2n) is 4.44. The number of hydrogen-bond donors (Lipinski definition) is 1. The Hall–Kier alpha value is -2.21. The summed E-state index contributed by atoms with van der Waals surface area (Å²) in [5, 5.41) is 0. The van der Waals surface area contributed by atoms with Gasteiger partial charge in [0.1, 0.15) is 22.8 Å². The third kappa shape index (κ3) is 4.13. The van der Waals surface area contributed by atoms with Crippen LogP contribution in [0.3, 0.4) is 0 Å². The fourth-order valence-electron chi connectivity index (χ4n) is 1.73. The lowest BCUT2D eigenvalue weighted by Crippen LogP contribution is -2.31. The van der Waals surface area contributed by atoms with Crippen LogP contribution in [0.15, 0.2) is 42.6 Å². The number of aromatic nitrogens is 1. The van der Waals surface area contributed by atoms with Gasteiger partial charge in [-0.15, -0.1) is 0 Å². The average molecular weight is 306 g/mol. The number of hydrogen-bond acceptors (Lipinski definition) is 3. The molecule has 2 aromatic rings. The Morgan fingerprint density at radius 3 is 2.71 bits per heavy atom. The van der Waals surface area contributed by atoms with E-state index in [1.54, 1.807) is 37.5 Å². The van der Waals surface area contributed by atoms with Crippen LogP contribution in [0.1, 0.15) is 10.4 Å². The number of pyridine rings is 1. The summed E-state index contributed by atoms with van der Waals surface area (Å²) in [4.78, 5) is 16.5. The number of ether oxygens (including phenoxy) is 1. The van der Waals surface area contributed by atoms with Gasteiger partial charge < -0.3 is 14.6 Å². The zero-order valence-electron chi connectivity index (χ0n) is 11.5. The molecule has 0 radical (unpaired) electrons. The molecule has 0 saturated heterocycles. The van der Waals surface area contributed by atoms with Crippen molar-refractivity contribution in [2.24, 2.45) is 0 Å². The van der Waals surface area contributed by atoms with Gasteiger partial charge in [-0.1, -0.05) is 12.2 Å². The Bertz CT molecular complexity index is 670. The van der Waals surface area contributed by atoms with Crippen molar-refractivity contribution in [1.82, 2.24) is 9.88 Å². The predicted octanol–water partition coefficient (Wildman–Crippen LogP) is 3.03. The minimum Gasteiger partial charge on any atom is -0.492 e. The molecule has 0 saturated carbocycles. The van der Waals surface area contributed by atoms with Gasteiger partial charge in [0.25, 0.3) is 5.91 Å². The van der Waals surface area contributed by atoms with Crippen LogP contribution in [0.4, 0.5) is 4.39 Å². The van der Waals surface area contributed by atoms with E-state index in [1.807, 2.05) is 0 Å². The highest BCUT2D eigenvalue weighted by Crippen LogP contribution is 2.11. The number of likely N-dealkylation sites (N-methyl/N-ethyl adjacent to an activating group) is 1. The summed E-state index contributed by atoms with van der Waals surface area (Å²) >= 11 is 5.08. The molecular weight excluding hydrogens is 291 g/mol. The molecule has 0 aliphatic rings. The molecule has 0 aliphatic heterocycles. The van der Waals surface area contributed by atoms with Crippen molar-refractivity contribution in [1.29, 1.82) is 0 Å². The number of benzene rings is 1. The molecule has 0 unspecified atom stereocenters. The van der Waals surface area contributed by atoms with Crippen molar-refractivity contribution >= 4 is 18.1 Å². The van der Waals surface area contributed by atoms with Crippen LogP contribution in [-0.2, 0) is 0 Å². The quantitative estimate of drug-likeness (QED) is 0.864. The fourth-order valence-corrected chi connectivity index (χ4v) is 1.95. The Kier molecular flexibility index (Phi) is 5.05. The first kappa shape index (κ1) is 15.2. The molecule has 21 heavy (non-hydrogen) atoms. The Labute approximate surface area is 127 Å². The number of rotatable bonds is 5. The van der Waals surface area contributed by atoms with E-state index in [0.717, 1.165) is 0 Å². The normalized spacial score (nSPS) is 10.2. The van der Waals surface area contributed by atoms with Crippen LogP contribution in [0.5, 0.6) is 5.75 Å². The Morgan fingerprint density at radius 2 is 2.05 bits per heavy atom. The second kappa shape index (κ2) is 6.99. The van der Waals surface area contributed by atoms with Crippen molar-refractivity contribution in [3.05, 3.63) is 58.6 Å². The van der Waals surface area contributed by atoms with Crippen LogP contribution in [0.2, 0.25) is 0 Å². The lowest BCUT2D eigenvalue weighted by Gasteiger charge is -2.17. The maximum Gasteiger partial charge on any atom is 0.256 e. The molecule has 1 heterocycles. The van der Waals surface area contributed by atoms with E-state index in [1.165, 1.54) is 17.0 Å². The van der Waals surface area contributed by atoms with E-state index in [2.05, 4.69) is 4.98 Å². The molecule has 1 amide bonds. The summed E-state index contributed by atoms with van der Waals surface area (Å²) in [6, 6.07) is 9.15. The molecule has 0 bridgehead atoms. The summed E-state index contributed by atoms with van der Waals surface area (Å²) in [5.74, 6) is 0.0850. The van der Waals surface area contributed by atoms with Crippen LogP contribution < -0.4 is 4.74 Å². The number of amides is 1. The number of H-pyrrole nitrogens is 1.